The van der Waals surface area contributed by atoms with Crippen molar-refractivity contribution in [3.8, 4) is 0 Å². The van der Waals surface area contributed by atoms with Gasteiger partial charge in [0.05, 0.1) is 6.04 Å². The normalized spacial score (nSPS) is 13.3. The number of hydrogen-bond donors (Lipinski definition) is 1. The van der Waals surface area contributed by atoms with Gasteiger partial charge in [-0.25, -0.2) is 0 Å². The Bertz CT molecular complexity index is 149. The van der Waals surface area contributed by atoms with E-state index in [4.69, 9.17) is 5.73 Å². The summed E-state index contributed by atoms with van der Waals surface area (Å²) in [6, 6.07) is -0.472. The van der Waals surface area contributed by atoms with Crippen LogP contribution in [0, 0.1) is 5.92 Å². The van der Waals surface area contributed by atoms with Gasteiger partial charge in [-0.3, -0.25) is 4.79 Å². The van der Waals surface area contributed by atoms with Gasteiger partial charge >= 0.3 is 0 Å². The molecule has 2 N–H and O–H groups in total. The highest BCUT2D eigenvalue weighted by molar-refractivity contribution is 5.88. The molecule has 0 saturated carbocycles. The third kappa shape index (κ3) is 2.31. The molecule has 0 aromatic rings. The van der Waals surface area contributed by atoms with Gasteiger partial charge in [0.2, 0.25) is 0 Å². The maximum Gasteiger partial charge on any atom is 0.156 e. The molecule has 0 aliphatic carbocycles. The fourth-order valence-electron chi connectivity index (χ4n) is 0.602. The average molecular weight is 141 g/mol. The molecule has 0 amide bonds. The third-order valence-electron chi connectivity index (χ3n) is 1.41. The zero-order valence-corrected chi connectivity index (χ0v) is 6.85. The van der Waals surface area contributed by atoms with Gasteiger partial charge in [-0.1, -0.05) is 26.0 Å². The number of ketones is 1. The van der Waals surface area contributed by atoms with Gasteiger partial charge in [0.1, 0.15) is 0 Å². The summed E-state index contributed by atoms with van der Waals surface area (Å²) in [5.41, 5.74) is 6.25. The van der Waals surface area contributed by atoms with Crippen LogP contribution < -0.4 is 5.73 Å². The molecule has 0 rings (SSSR count). The molecular weight excluding hydrogens is 126 g/mol. The van der Waals surface area contributed by atoms with E-state index in [-0.39, 0.29) is 11.7 Å². The van der Waals surface area contributed by atoms with Crippen LogP contribution in [0.2, 0.25) is 0 Å². The highest BCUT2D eigenvalue weighted by atomic mass is 16.1. The molecule has 0 aliphatic rings. The monoisotopic (exact) mass is 141 g/mol. The predicted octanol–water partition coefficient (Wildman–Crippen LogP) is 1.11. The van der Waals surface area contributed by atoms with Gasteiger partial charge in [0, 0.05) is 5.92 Å². The smallest absolute Gasteiger partial charge is 0.156 e. The number of hydrogen-bond acceptors (Lipinski definition) is 2. The second kappa shape index (κ2) is 3.52. The molecular formula is C8H15NO. The summed E-state index contributed by atoms with van der Waals surface area (Å²) in [5.74, 6) is 0.0687. The molecule has 0 fully saturated rings. The van der Waals surface area contributed by atoms with Crippen molar-refractivity contribution in [1.29, 1.82) is 0 Å². The summed E-state index contributed by atoms with van der Waals surface area (Å²) in [4.78, 5) is 11.1. The van der Waals surface area contributed by atoms with E-state index in [1.54, 1.807) is 6.92 Å². The molecule has 0 saturated heterocycles. The first kappa shape index (κ1) is 9.37. The van der Waals surface area contributed by atoms with Gasteiger partial charge in [0.15, 0.2) is 5.78 Å². The molecule has 0 aromatic carbocycles. The topological polar surface area (TPSA) is 43.1 Å². The van der Waals surface area contributed by atoms with Crippen LogP contribution in [0.1, 0.15) is 20.8 Å². The Labute approximate surface area is 62.1 Å². The summed E-state index contributed by atoms with van der Waals surface area (Å²) in [6.45, 7) is 9.06. The molecule has 0 aliphatic heterocycles. The first-order valence-electron chi connectivity index (χ1n) is 3.41. The van der Waals surface area contributed by atoms with Crippen LogP contribution in [0.3, 0.4) is 0 Å². The summed E-state index contributed by atoms with van der Waals surface area (Å²) < 4.78 is 0. The number of Topliss-reactive ketones (excluding diaryl/α,β-unsaturated/α-hetero) is 1. The van der Waals surface area contributed by atoms with E-state index < -0.39 is 6.04 Å². The lowest BCUT2D eigenvalue weighted by atomic mass is 9.98. The van der Waals surface area contributed by atoms with Crippen LogP contribution in [-0.2, 0) is 4.79 Å². The lowest BCUT2D eigenvalue weighted by Crippen LogP contribution is -2.34. The average Bonchev–Trinajstić information content (AvgIpc) is 1.84. The van der Waals surface area contributed by atoms with Gasteiger partial charge in [0.25, 0.3) is 0 Å². The minimum absolute atomic E-state index is 0.00620. The van der Waals surface area contributed by atoms with E-state index in [0.29, 0.717) is 0 Å². The van der Waals surface area contributed by atoms with E-state index in [1.807, 2.05) is 13.8 Å². The molecule has 0 bridgehead atoms. The zero-order chi connectivity index (χ0) is 8.31. The van der Waals surface area contributed by atoms with E-state index in [9.17, 15) is 4.79 Å². The fraction of sp³-hybridized carbons (Fsp3) is 0.625. The maximum absolute atomic E-state index is 11.1. The Hall–Kier alpha value is -0.630. The van der Waals surface area contributed by atoms with Crippen molar-refractivity contribution >= 4 is 5.78 Å². The van der Waals surface area contributed by atoms with Crippen molar-refractivity contribution < 1.29 is 4.79 Å². The van der Waals surface area contributed by atoms with Gasteiger partial charge in [-0.15, -0.1) is 0 Å². The standard InChI is InChI=1S/C8H15NO/c1-5(2)7(9)8(10)6(3)4/h6-7H,1,9H2,2-4H3/t7-/m1/s1. The Morgan fingerprint density at radius 3 is 2.00 bits per heavy atom. The molecule has 2 nitrogen and oxygen atoms in total. The van der Waals surface area contributed by atoms with Crippen molar-refractivity contribution in [3.05, 3.63) is 12.2 Å². The number of nitrogens with two attached hydrogens (primary N) is 1. The van der Waals surface area contributed by atoms with Gasteiger partial charge < -0.3 is 5.73 Å². The van der Waals surface area contributed by atoms with Crippen molar-refractivity contribution in [2.24, 2.45) is 11.7 Å². The van der Waals surface area contributed by atoms with Crippen LogP contribution in [0.25, 0.3) is 0 Å². The van der Waals surface area contributed by atoms with Crippen LogP contribution in [0.15, 0.2) is 12.2 Å². The SMILES string of the molecule is C=C(C)[C@@H](N)C(=O)C(C)C. The van der Waals surface area contributed by atoms with Crippen LogP contribution in [0.4, 0.5) is 0 Å². The van der Waals surface area contributed by atoms with Crippen LogP contribution in [0.5, 0.6) is 0 Å². The molecule has 0 spiro atoms. The van der Waals surface area contributed by atoms with E-state index >= 15 is 0 Å². The van der Waals surface area contributed by atoms with E-state index in [1.165, 1.54) is 0 Å². The number of rotatable bonds is 3. The quantitative estimate of drug-likeness (QED) is 0.598. The second-order valence-corrected chi connectivity index (χ2v) is 2.88. The molecule has 0 heterocycles. The Morgan fingerprint density at radius 1 is 1.50 bits per heavy atom. The van der Waals surface area contributed by atoms with E-state index in [2.05, 4.69) is 6.58 Å². The van der Waals surface area contributed by atoms with Crippen molar-refractivity contribution in [3.63, 3.8) is 0 Å². The zero-order valence-electron chi connectivity index (χ0n) is 6.85. The summed E-state index contributed by atoms with van der Waals surface area (Å²) in [5, 5.41) is 0. The predicted molar refractivity (Wildman–Crippen MR) is 42.6 cm³/mol. The molecule has 58 valence electrons. The van der Waals surface area contributed by atoms with Gasteiger partial charge in [-0.05, 0) is 6.92 Å². The fourth-order valence-corrected chi connectivity index (χ4v) is 0.602. The minimum Gasteiger partial charge on any atom is -0.318 e. The Kier molecular flexibility index (Phi) is 3.30. The number of carbonyl (C=O) groups excluding carboxylic acids is 1. The minimum atomic E-state index is -0.472. The lowest BCUT2D eigenvalue weighted by molar-refractivity contribution is -0.122. The largest absolute Gasteiger partial charge is 0.318 e. The van der Waals surface area contributed by atoms with Crippen LogP contribution in [-0.4, -0.2) is 11.8 Å². The third-order valence-corrected chi connectivity index (χ3v) is 1.41. The Balaban J connectivity index is 4.08. The molecule has 10 heavy (non-hydrogen) atoms. The molecule has 2 heteroatoms. The van der Waals surface area contributed by atoms with Gasteiger partial charge in [-0.2, -0.15) is 0 Å². The summed E-state index contributed by atoms with van der Waals surface area (Å²) in [7, 11) is 0. The molecule has 1 atom stereocenters. The second-order valence-electron chi connectivity index (χ2n) is 2.88. The Morgan fingerprint density at radius 2 is 1.90 bits per heavy atom. The molecule has 0 unspecified atom stereocenters. The first-order chi connectivity index (χ1) is 4.46. The number of carbonyl (C=O) groups is 1. The van der Waals surface area contributed by atoms with Crippen molar-refractivity contribution in [2.45, 2.75) is 26.8 Å². The lowest BCUT2D eigenvalue weighted by Gasteiger charge is -2.11. The van der Waals surface area contributed by atoms with E-state index in [0.717, 1.165) is 5.57 Å². The van der Waals surface area contributed by atoms with Crippen LogP contribution >= 0.6 is 0 Å². The summed E-state index contributed by atoms with van der Waals surface area (Å²) >= 11 is 0. The molecule has 0 aromatic heterocycles. The first-order valence-corrected chi connectivity index (χ1v) is 3.41. The van der Waals surface area contributed by atoms with Crippen molar-refractivity contribution in [2.75, 3.05) is 0 Å². The highest BCUT2D eigenvalue weighted by Crippen LogP contribution is 2.03. The maximum atomic E-state index is 11.1. The molecule has 0 radical (unpaired) electrons. The highest BCUT2D eigenvalue weighted by Gasteiger charge is 2.16. The van der Waals surface area contributed by atoms with Crippen molar-refractivity contribution in [1.82, 2.24) is 0 Å². The summed E-state index contributed by atoms with van der Waals surface area (Å²) in [6.07, 6.45) is 0.